The number of halogens is 1. The van der Waals surface area contributed by atoms with Gasteiger partial charge in [-0.05, 0) is 55.5 Å². The fraction of sp³-hybridized carbons (Fsp3) is 0.522. The molecule has 2 aromatic rings. The number of rotatable bonds is 6. The molecule has 0 unspecified atom stereocenters. The maximum atomic E-state index is 13.2. The second-order valence-corrected chi connectivity index (χ2v) is 8.58. The summed E-state index contributed by atoms with van der Waals surface area (Å²) in [6.07, 6.45) is 11.6. The minimum absolute atomic E-state index is 0.267. The highest BCUT2D eigenvalue weighted by molar-refractivity contribution is 6.30. The van der Waals surface area contributed by atoms with Crippen LogP contribution in [0.5, 0.6) is 0 Å². The molecule has 144 valence electrons. The molecule has 1 aromatic heterocycles. The van der Waals surface area contributed by atoms with Gasteiger partial charge in [-0.3, -0.25) is 4.79 Å². The van der Waals surface area contributed by atoms with E-state index in [4.69, 9.17) is 11.6 Å². The van der Waals surface area contributed by atoms with Crippen molar-refractivity contribution in [1.82, 2.24) is 9.47 Å². The summed E-state index contributed by atoms with van der Waals surface area (Å²) >= 11 is 6.15. The van der Waals surface area contributed by atoms with Gasteiger partial charge >= 0.3 is 0 Å². The summed E-state index contributed by atoms with van der Waals surface area (Å²) in [4.78, 5) is 15.4. The molecule has 0 saturated heterocycles. The molecule has 27 heavy (non-hydrogen) atoms. The lowest BCUT2D eigenvalue weighted by Gasteiger charge is -2.39. The van der Waals surface area contributed by atoms with Crippen LogP contribution in [0.25, 0.3) is 0 Å². The van der Waals surface area contributed by atoms with Crippen molar-refractivity contribution in [3.05, 3.63) is 58.9 Å². The van der Waals surface area contributed by atoms with Gasteiger partial charge in [0.05, 0.1) is 6.54 Å². The average molecular weight is 385 g/mol. The number of hydrogen-bond donors (Lipinski definition) is 0. The zero-order valence-corrected chi connectivity index (χ0v) is 16.7. The van der Waals surface area contributed by atoms with Gasteiger partial charge in [0, 0.05) is 35.4 Å². The van der Waals surface area contributed by atoms with Crippen LogP contribution in [-0.4, -0.2) is 21.4 Å². The zero-order chi connectivity index (χ0) is 18.6. The minimum Gasteiger partial charge on any atom is -0.345 e. The van der Waals surface area contributed by atoms with Crippen molar-refractivity contribution in [3.63, 3.8) is 0 Å². The first-order chi connectivity index (χ1) is 13.2. The van der Waals surface area contributed by atoms with Crippen molar-refractivity contribution in [2.45, 2.75) is 70.5 Å². The third-order valence-corrected chi connectivity index (χ3v) is 6.49. The topological polar surface area (TPSA) is 25.2 Å². The normalized spacial score (nSPS) is 18.3. The average Bonchev–Trinajstić information content (AvgIpc) is 3.05. The van der Waals surface area contributed by atoms with Gasteiger partial charge in [0.25, 0.3) is 0 Å². The smallest absolute Gasteiger partial charge is 0.226 e. The largest absolute Gasteiger partial charge is 0.345 e. The van der Waals surface area contributed by atoms with Gasteiger partial charge in [0.1, 0.15) is 0 Å². The van der Waals surface area contributed by atoms with Crippen LogP contribution in [0.3, 0.4) is 0 Å². The van der Waals surface area contributed by atoms with Crippen molar-refractivity contribution < 1.29 is 4.79 Å². The van der Waals surface area contributed by atoms with Crippen LogP contribution in [0, 0.1) is 5.92 Å². The Kier molecular flexibility index (Phi) is 5.87. The Hall–Kier alpha value is -1.74. The van der Waals surface area contributed by atoms with Gasteiger partial charge < -0.3 is 9.47 Å². The number of amides is 1. The van der Waals surface area contributed by atoms with Crippen LogP contribution in [0.4, 0.5) is 0 Å². The summed E-state index contributed by atoms with van der Waals surface area (Å²) < 4.78 is 2.26. The molecular formula is C23H29ClN2O. The predicted molar refractivity (Wildman–Crippen MR) is 110 cm³/mol. The third kappa shape index (κ3) is 4.40. The van der Waals surface area contributed by atoms with Crippen LogP contribution >= 0.6 is 11.6 Å². The summed E-state index contributed by atoms with van der Waals surface area (Å²) in [5.74, 6) is 0.659. The Balaban J connectivity index is 1.52. The first-order valence-corrected chi connectivity index (χ1v) is 10.8. The number of carbonyl (C=O) groups excluding carboxylic acids is 1. The van der Waals surface area contributed by atoms with E-state index < -0.39 is 0 Å². The molecule has 2 saturated carbocycles. The van der Waals surface area contributed by atoms with Gasteiger partial charge in [0.15, 0.2) is 0 Å². The van der Waals surface area contributed by atoms with Crippen LogP contribution in [0.15, 0.2) is 42.6 Å². The molecule has 0 atom stereocenters. The van der Waals surface area contributed by atoms with Crippen LogP contribution in [0.2, 0.25) is 5.02 Å². The number of nitrogens with zero attached hydrogens (tertiary/aromatic N) is 2. The van der Waals surface area contributed by atoms with E-state index in [1.54, 1.807) is 0 Å². The number of carbonyl (C=O) groups is 1. The molecular weight excluding hydrogens is 356 g/mol. The number of benzene rings is 1. The molecule has 0 radical (unpaired) electrons. The summed E-state index contributed by atoms with van der Waals surface area (Å²) in [5.41, 5.74) is 2.41. The fourth-order valence-corrected chi connectivity index (χ4v) is 4.64. The van der Waals surface area contributed by atoms with E-state index in [2.05, 4.69) is 33.9 Å². The Morgan fingerprint density at radius 3 is 2.56 bits per heavy atom. The molecule has 4 heteroatoms. The number of aromatic nitrogens is 1. The minimum atomic E-state index is 0.267. The molecule has 1 amide bonds. The van der Waals surface area contributed by atoms with Crippen LogP contribution in [-0.2, 0) is 17.9 Å². The predicted octanol–water partition coefficient (Wildman–Crippen LogP) is 5.65. The monoisotopic (exact) mass is 384 g/mol. The van der Waals surface area contributed by atoms with E-state index in [1.165, 1.54) is 36.9 Å². The van der Waals surface area contributed by atoms with Gasteiger partial charge in [-0.25, -0.2) is 0 Å². The second kappa shape index (κ2) is 8.52. The molecule has 4 rings (SSSR count). The highest BCUT2D eigenvalue weighted by Gasteiger charge is 2.34. The van der Waals surface area contributed by atoms with Crippen molar-refractivity contribution in [2.24, 2.45) is 5.92 Å². The molecule has 1 heterocycles. The molecule has 2 aliphatic rings. The Morgan fingerprint density at radius 1 is 1.04 bits per heavy atom. The maximum absolute atomic E-state index is 13.2. The molecule has 2 fully saturated rings. The zero-order valence-electron chi connectivity index (χ0n) is 15.9. The molecule has 0 aliphatic heterocycles. The van der Waals surface area contributed by atoms with Crippen molar-refractivity contribution in [1.29, 1.82) is 0 Å². The highest BCUT2D eigenvalue weighted by atomic mass is 35.5. The Bertz CT molecular complexity index is 774. The molecule has 1 aromatic carbocycles. The van der Waals surface area contributed by atoms with E-state index in [-0.39, 0.29) is 5.92 Å². The van der Waals surface area contributed by atoms with E-state index in [0.29, 0.717) is 11.9 Å². The molecule has 2 aliphatic carbocycles. The molecule has 0 spiro atoms. The lowest BCUT2D eigenvalue weighted by atomic mass is 9.83. The summed E-state index contributed by atoms with van der Waals surface area (Å²) in [7, 11) is 0. The fourth-order valence-electron chi connectivity index (χ4n) is 4.42. The van der Waals surface area contributed by atoms with Gasteiger partial charge in [-0.2, -0.15) is 0 Å². The molecule has 3 nitrogen and oxygen atoms in total. The van der Waals surface area contributed by atoms with E-state index in [9.17, 15) is 4.79 Å². The van der Waals surface area contributed by atoms with Crippen LogP contribution in [0.1, 0.15) is 62.6 Å². The van der Waals surface area contributed by atoms with Gasteiger partial charge in [-0.1, -0.05) is 49.4 Å². The lowest BCUT2D eigenvalue weighted by Crippen LogP contribution is -2.45. The van der Waals surface area contributed by atoms with E-state index in [1.807, 2.05) is 18.2 Å². The maximum Gasteiger partial charge on any atom is 0.226 e. The molecule has 0 N–H and O–H groups in total. The van der Waals surface area contributed by atoms with Crippen molar-refractivity contribution in [2.75, 3.05) is 0 Å². The SMILES string of the molecule is O=C(C1CCC1)N(Cc1cccn1Cc1cccc(Cl)c1)C1CCCCC1. The lowest BCUT2D eigenvalue weighted by molar-refractivity contribution is -0.142. The van der Waals surface area contributed by atoms with Crippen LogP contribution < -0.4 is 0 Å². The Labute approximate surface area is 167 Å². The first-order valence-electron chi connectivity index (χ1n) is 10.4. The summed E-state index contributed by atoms with van der Waals surface area (Å²) in [6, 6.07) is 12.7. The second-order valence-electron chi connectivity index (χ2n) is 8.14. The quantitative estimate of drug-likeness (QED) is 0.631. The Morgan fingerprint density at radius 2 is 1.85 bits per heavy atom. The molecule has 0 bridgehead atoms. The number of hydrogen-bond acceptors (Lipinski definition) is 1. The summed E-state index contributed by atoms with van der Waals surface area (Å²) in [6.45, 7) is 1.52. The standard InChI is InChI=1S/C23H29ClN2O/c24-20-10-4-7-18(15-20)16-25-14-6-13-22(25)17-26(21-11-2-1-3-12-21)23(27)19-8-5-9-19/h4,6-7,10,13-15,19,21H,1-3,5,8-9,11-12,16-17H2. The van der Waals surface area contributed by atoms with E-state index >= 15 is 0 Å². The highest BCUT2D eigenvalue weighted by Crippen LogP contribution is 2.32. The third-order valence-electron chi connectivity index (χ3n) is 6.25. The van der Waals surface area contributed by atoms with Crippen molar-refractivity contribution >= 4 is 17.5 Å². The van der Waals surface area contributed by atoms with Gasteiger partial charge in [0.2, 0.25) is 5.91 Å². The van der Waals surface area contributed by atoms with Gasteiger partial charge in [-0.15, -0.1) is 0 Å². The van der Waals surface area contributed by atoms with E-state index in [0.717, 1.165) is 43.8 Å². The summed E-state index contributed by atoms with van der Waals surface area (Å²) in [5, 5.41) is 0.769. The van der Waals surface area contributed by atoms with Crippen molar-refractivity contribution in [3.8, 4) is 0 Å². The first kappa shape index (κ1) is 18.6.